The fourth-order valence-electron chi connectivity index (χ4n) is 2.13. The minimum atomic E-state index is -0.212. The second-order valence-electron chi connectivity index (χ2n) is 5.08. The van der Waals surface area contributed by atoms with Crippen LogP contribution in [-0.2, 0) is 6.54 Å². The fourth-order valence-corrected chi connectivity index (χ4v) is 3.34. The van der Waals surface area contributed by atoms with Crippen LogP contribution < -0.4 is 21.1 Å². The lowest BCUT2D eigenvalue weighted by Crippen LogP contribution is -2.27. The van der Waals surface area contributed by atoms with Gasteiger partial charge < -0.3 is 11.5 Å². The van der Waals surface area contributed by atoms with E-state index in [0.29, 0.717) is 23.2 Å². The van der Waals surface area contributed by atoms with E-state index in [-0.39, 0.29) is 5.91 Å². The summed E-state index contributed by atoms with van der Waals surface area (Å²) in [7, 11) is 0. The molecule has 25 heavy (non-hydrogen) atoms. The molecule has 0 fully saturated rings. The smallest absolute Gasteiger partial charge is 0.280 e. The highest BCUT2D eigenvalue weighted by Crippen LogP contribution is 2.29. The molecule has 1 aromatic carbocycles. The van der Waals surface area contributed by atoms with Crippen molar-refractivity contribution in [3.8, 4) is 0 Å². The van der Waals surface area contributed by atoms with Crippen molar-refractivity contribution in [2.75, 3.05) is 11.2 Å². The quantitative estimate of drug-likeness (QED) is 0.508. The van der Waals surface area contributed by atoms with Gasteiger partial charge in [0.15, 0.2) is 5.13 Å². The first-order valence-electron chi connectivity index (χ1n) is 7.53. The van der Waals surface area contributed by atoms with Crippen LogP contribution in [0, 0.1) is 6.92 Å². The van der Waals surface area contributed by atoms with Crippen molar-refractivity contribution in [1.29, 1.82) is 0 Å². The van der Waals surface area contributed by atoms with Gasteiger partial charge in [0.05, 0.1) is 6.54 Å². The lowest BCUT2D eigenvalue weighted by Gasteiger charge is -2.22. The Morgan fingerprint density at radius 3 is 2.76 bits per heavy atom. The number of carbonyl (C=O) groups excluding carboxylic acids is 1. The summed E-state index contributed by atoms with van der Waals surface area (Å²) in [6, 6.07) is 9.93. The first-order valence-corrected chi connectivity index (χ1v) is 9.57. The predicted octanol–water partition coefficient (Wildman–Crippen LogP) is 2.74. The van der Waals surface area contributed by atoms with E-state index in [1.165, 1.54) is 29.5 Å². The van der Waals surface area contributed by atoms with Crippen molar-refractivity contribution in [3.05, 3.63) is 70.6 Å². The van der Waals surface area contributed by atoms with E-state index >= 15 is 0 Å². The molecule has 6 nitrogen and oxygen atoms in total. The maximum atomic E-state index is 12.1. The number of nitrogens with two attached hydrogens (primary N) is 2. The molecule has 0 radical (unpaired) electrons. The van der Waals surface area contributed by atoms with Crippen LogP contribution in [0.15, 0.2) is 54.5 Å². The molecule has 5 N–H and O–H groups in total. The molecule has 0 aliphatic rings. The largest absolute Gasteiger partial charge is 0.405 e. The predicted molar refractivity (Wildman–Crippen MR) is 106 cm³/mol. The van der Waals surface area contributed by atoms with E-state index in [4.69, 9.17) is 11.5 Å². The molecule has 0 atom stereocenters. The van der Waals surface area contributed by atoms with Crippen LogP contribution in [0.4, 0.5) is 5.13 Å². The number of rotatable bonds is 7. The van der Waals surface area contributed by atoms with E-state index < -0.39 is 0 Å². The molecular weight excluding hydrogens is 354 g/mol. The lowest BCUT2D eigenvalue weighted by atomic mass is 10.2. The molecule has 2 rings (SSSR count). The molecule has 132 valence electrons. The van der Waals surface area contributed by atoms with Crippen molar-refractivity contribution in [1.82, 2.24) is 9.71 Å². The monoisotopic (exact) mass is 375 g/mol. The summed E-state index contributed by atoms with van der Waals surface area (Å²) in [4.78, 5) is 19.3. The number of allylic oxidation sites excluding steroid dienone is 2. The maximum Gasteiger partial charge on any atom is 0.280 e. The van der Waals surface area contributed by atoms with Crippen molar-refractivity contribution in [2.24, 2.45) is 11.5 Å². The van der Waals surface area contributed by atoms with Crippen molar-refractivity contribution >= 4 is 34.3 Å². The van der Waals surface area contributed by atoms with Gasteiger partial charge in [0, 0.05) is 11.1 Å². The zero-order valence-corrected chi connectivity index (χ0v) is 15.7. The number of nitrogens with zero attached hydrogens (tertiary/aromatic N) is 2. The van der Waals surface area contributed by atoms with Gasteiger partial charge in [-0.2, -0.15) is 0 Å². The van der Waals surface area contributed by atoms with Gasteiger partial charge in [-0.1, -0.05) is 42.3 Å². The molecule has 0 saturated heterocycles. The number of carbonyl (C=O) groups is 1. The van der Waals surface area contributed by atoms with Crippen molar-refractivity contribution in [3.63, 3.8) is 0 Å². The van der Waals surface area contributed by atoms with Crippen LogP contribution in [0.5, 0.6) is 0 Å². The summed E-state index contributed by atoms with van der Waals surface area (Å²) in [5.74, 6) is 0.285. The van der Waals surface area contributed by atoms with Gasteiger partial charge in [0.25, 0.3) is 5.91 Å². The zero-order chi connectivity index (χ0) is 18.2. The second kappa shape index (κ2) is 9.14. The van der Waals surface area contributed by atoms with Gasteiger partial charge in [0.1, 0.15) is 11.5 Å². The number of amides is 1. The highest BCUT2D eigenvalue weighted by atomic mass is 32.2. The van der Waals surface area contributed by atoms with Gasteiger partial charge in [-0.05, 0) is 30.8 Å². The minimum Gasteiger partial charge on any atom is -0.405 e. The summed E-state index contributed by atoms with van der Waals surface area (Å²) in [5, 5.41) is 0.659. The Hall–Kier alpha value is -2.45. The number of hydrogen-bond donors (Lipinski definition) is 3. The summed E-state index contributed by atoms with van der Waals surface area (Å²) in [6.45, 7) is 2.41. The Kier molecular flexibility index (Phi) is 6.91. The van der Waals surface area contributed by atoms with Gasteiger partial charge in [-0.15, -0.1) is 11.3 Å². The molecule has 8 heteroatoms. The van der Waals surface area contributed by atoms with Crippen LogP contribution in [0.25, 0.3) is 0 Å². The second-order valence-corrected chi connectivity index (χ2v) is 6.88. The Morgan fingerprint density at radius 2 is 2.12 bits per heavy atom. The van der Waals surface area contributed by atoms with Gasteiger partial charge in [-0.3, -0.25) is 14.4 Å². The molecule has 0 unspecified atom stereocenters. The number of hydrogen-bond acceptors (Lipinski definition) is 7. The molecule has 2 aromatic rings. The third-order valence-corrected chi connectivity index (χ3v) is 4.68. The Labute approximate surface area is 155 Å². The number of anilines is 1. The lowest BCUT2D eigenvalue weighted by molar-refractivity contribution is 0.0980. The van der Waals surface area contributed by atoms with E-state index in [2.05, 4.69) is 9.71 Å². The maximum absolute atomic E-state index is 12.1. The molecule has 0 bridgehead atoms. The normalized spacial score (nSPS) is 11.7. The fraction of sp³-hybridized carbons (Fsp3) is 0.176. The number of thiazole rings is 1. The van der Waals surface area contributed by atoms with Gasteiger partial charge in [-0.25, -0.2) is 4.98 Å². The molecule has 0 spiro atoms. The van der Waals surface area contributed by atoms with E-state index in [1.54, 1.807) is 18.4 Å². The van der Waals surface area contributed by atoms with Gasteiger partial charge in [0.2, 0.25) is 0 Å². The molecule has 0 aliphatic carbocycles. The van der Waals surface area contributed by atoms with Crippen LogP contribution in [0.3, 0.4) is 0 Å². The van der Waals surface area contributed by atoms with E-state index in [9.17, 15) is 4.79 Å². The Morgan fingerprint density at radius 1 is 1.40 bits per heavy atom. The van der Waals surface area contributed by atoms with E-state index in [1.807, 2.05) is 42.2 Å². The summed E-state index contributed by atoms with van der Waals surface area (Å²) in [5.41, 5.74) is 13.1. The topological polar surface area (TPSA) is 97.3 Å². The first kappa shape index (κ1) is 18.9. The standard InChI is InChI=1S/C17H21N5OS2/c1-12-15(16(23)21-24-2)20-17(25-12)22(14(19)9-6-10-18)11-13-7-4-3-5-8-13/h3-10H,11,18-19H2,1-2H3,(H,21,23)/b10-6-,14-9+. The average Bonchev–Trinajstić information content (AvgIpc) is 3.00. The third kappa shape index (κ3) is 5.01. The highest BCUT2D eigenvalue weighted by Gasteiger charge is 2.20. The summed E-state index contributed by atoms with van der Waals surface area (Å²) >= 11 is 2.67. The Bertz CT molecular complexity index is 771. The number of nitrogens with one attached hydrogen (secondary N) is 1. The number of benzene rings is 1. The zero-order valence-electron chi connectivity index (χ0n) is 14.1. The Balaban J connectivity index is 2.38. The SMILES string of the molecule is CSNC(=O)c1nc(N(Cc2ccccc2)/C(N)=C/C=C\N)sc1C. The summed E-state index contributed by atoms with van der Waals surface area (Å²) in [6.07, 6.45) is 6.58. The molecule has 1 heterocycles. The molecule has 1 amide bonds. The van der Waals surface area contributed by atoms with Crippen LogP contribution >= 0.6 is 23.3 Å². The first-order chi connectivity index (χ1) is 12.1. The van der Waals surface area contributed by atoms with E-state index in [0.717, 1.165) is 10.4 Å². The number of aromatic nitrogens is 1. The molecule has 0 aliphatic heterocycles. The molecular formula is C17H21N5OS2. The highest BCUT2D eigenvalue weighted by molar-refractivity contribution is 7.97. The minimum absolute atomic E-state index is 0.212. The summed E-state index contributed by atoms with van der Waals surface area (Å²) < 4.78 is 2.70. The van der Waals surface area contributed by atoms with Gasteiger partial charge >= 0.3 is 0 Å². The number of aryl methyl sites for hydroxylation is 1. The van der Waals surface area contributed by atoms with Crippen LogP contribution in [0.2, 0.25) is 0 Å². The average molecular weight is 376 g/mol. The molecule has 0 saturated carbocycles. The third-order valence-electron chi connectivity index (χ3n) is 3.30. The van der Waals surface area contributed by atoms with Crippen LogP contribution in [0.1, 0.15) is 20.9 Å². The van der Waals surface area contributed by atoms with Crippen LogP contribution in [-0.4, -0.2) is 17.1 Å². The molecule has 1 aromatic heterocycles. The van der Waals surface area contributed by atoms with Crippen molar-refractivity contribution < 1.29 is 4.79 Å². The van der Waals surface area contributed by atoms with Crippen molar-refractivity contribution in [2.45, 2.75) is 13.5 Å².